The summed E-state index contributed by atoms with van der Waals surface area (Å²) < 4.78 is 17.2. The number of ether oxygens (including phenoxy) is 3. The lowest BCUT2D eigenvalue weighted by Crippen LogP contribution is -2.28. The Labute approximate surface area is 215 Å². The van der Waals surface area contributed by atoms with Gasteiger partial charge in [0.05, 0.1) is 48.1 Å². The monoisotopic (exact) mass is 511 g/mol. The molecule has 3 aromatic carbocycles. The third kappa shape index (κ3) is 4.73. The molecule has 0 saturated heterocycles. The molecule has 1 aliphatic heterocycles. The largest absolute Gasteiger partial charge is 0.492 e. The van der Waals surface area contributed by atoms with Crippen molar-refractivity contribution in [3.63, 3.8) is 0 Å². The number of amides is 1. The van der Waals surface area contributed by atoms with Gasteiger partial charge in [-0.1, -0.05) is 55.8 Å². The van der Waals surface area contributed by atoms with E-state index in [-0.39, 0.29) is 29.6 Å². The molecule has 0 bridgehead atoms. The van der Waals surface area contributed by atoms with E-state index in [1.54, 1.807) is 25.1 Å². The van der Waals surface area contributed by atoms with Gasteiger partial charge in [-0.3, -0.25) is 14.5 Å². The number of carbonyl (C=O) groups is 2. The fourth-order valence-corrected chi connectivity index (χ4v) is 4.70. The number of nitrogens with zero attached hydrogens (tertiary/aromatic N) is 1. The zero-order valence-electron chi connectivity index (χ0n) is 20.7. The van der Waals surface area contributed by atoms with Crippen LogP contribution in [-0.4, -0.2) is 36.8 Å². The smallest absolute Gasteiger partial charge is 0.310 e. The number of fused-ring (bicyclic) bond motifs is 2. The average molecular weight is 512 g/mol. The Morgan fingerprint density at radius 3 is 2.25 bits per heavy atom. The molecule has 7 nitrogen and oxygen atoms in total. The average Bonchev–Trinajstić information content (AvgIpc) is 3.11. The van der Waals surface area contributed by atoms with Crippen molar-refractivity contribution in [3.05, 3.63) is 64.2 Å². The lowest BCUT2D eigenvalue weighted by atomic mass is 9.98. The standard InChI is InChI=1S/C28H30ClNO6/c1-4-13-35-25-18-9-7-8-10-19(18)26(36-14-5-2)24-23(25)27(32)30(28(24)33)21-12-11-17(15-20(21)29)16-22(31)34-6-3/h7-12,15,27,32H,4-6,13-14,16H2,1-3H3. The number of carbonyl (C=O) groups excluding carboxylic acids is 2. The minimum absolute atomic E-state index is 0.0555. The second-order valence-electron chi connectivity index (χ2n) is 8.51. The molecule has 0 fully saturated rings. The molecule has 1 aliphatic rings. The van der Waals surface area contributed by atoms with E-state index in [2.05, 4.69) is 0 Å². The summed E-state index contributed by atoms with van der Waals surface area (Å²) in [6.45, 7) is 6.85. The Kier molecular flexibility index (Phi) is 8.01. The van der Waals surface area contributed by atoms with Gasteiger partial charge in [-0.15, -0.1) is 0 Å². The van der Waals surface area contributed by atoms with Gasteiger partial charge in [0.15, 0.2) is 6.23 Å². The molecule has 1 N–H and O–H groups in total. The number of aliphatic hydroxyl groups excluding tert-OH is 1. The van der Waals surface area contributed by atoms with Crippen molar-refractivity contribution in [2.75, 3.05) is 24.7 Å². The highest BCUT2D eigenvalue weighted by atomic mass is 35.5. The van der Waals surface area contributed by atoms with Crippen LogP contribution in [0.3, 0.4) is 0 Å². The minimum atomic E-state index is -1.33. The first-order valence-corrected chi connectivity index (χ1v) is 12.6. The van der Waals surface area contributed by atoms with Crippen molar-refractivity contribution in [2.45, 2.75) is 46.3 Å². The van der Waals surface area contributed by atoms with Crippen LogP contribution in [0.5, 0.6) is 11.5 Å². The molecular formula is C28H30ClNO6. The second-order valence-corrected chi connectivity index (χ2v) is 8.91. The normalized spacial score (nSPS) is 14.8. The second kappa shape index (κ2) is 11.2. The van der Waals surface area contributed by atoms with Crippen LogP contribution < -0.4 is 14.4 Å². The Morgan fingerprint density at radius 1 is 1.00 bits per heavy atom. The van der Waals surface area contributed by atoms with Crippen LogP contribution in [0.2, 0.25) is 5.02 Å². The third-order valence-corrected chi connectivity index (χ3v) is 6.22. The fourth-order valence-electron chi connectivity index (χ4n) is 4.40. The van der Waals surface area contributed by atoms with Crippen LogP contribution in [0.25, 0.3) is 10.8 Å². The summed E-state index contributed by atoms with van der Waals surface area (Å²) in [5.41, 5.74) is 1.60. The highest BCUT2D eigenvalue weighted by Crippen LogP contribution is 2.51. The van der Waals surface area contributed by atoms with Crippen LogP contribution >= 0.6 is 11.6 Å². The first kappa shape index (κ1) is 25.8. The van der Waals surface area contributed by atoms with Gasteiger partial charge in [-0.25, -0.2) is 0 Å². The lowest BCUT2D eigenvalue weighted by Gasteiger charge is -2.23. The van der Waals surface area contributed by atoms with Crippen molar-refractivity contribution < 1.29 is 28.9 Å². The Balaban J connectivity index is 1.84. The van der Waals surface area contributed by atoms with Gasteiger partial charge in [-0.05, 0) is 37.5 Å². The molecule has 1 unspecified atom stereocenters. The Bertz CT molecular complexity index is 1290. The molecule has 1 amide bonds. The van der Waals surface area contributed by atoms with E-state index in [9.17, 15) is 14.7 Å². The summed E-state index contributed by atoms with van der Waals surface area (Å²) in [5, 5.41) is 13.2. The van der Waals surface area contributed by atoms with Gasteiger partial charge < -0.3 is 19.3 Å². The molecular weight excluding hydrogens is 482 g/mol. The minimum Gasteiger partial charge on any atom is -0.492 e. The summed E-state index contributed by atoms with van der Waals surface area (Å²) in [7, 11) is 0. The lowest BCUT2D eigenvalue weighted by molar-refractivity contribution is -0.142. The molecule has 0 aromatic heterocycles. The first-order valence-electron chi connectivity index (χ1n) is 12.2. The van der Waals surface area contributed by atoms with Gasteiger partial charge in [0.1, 0.15) is 11.5 Å². The Hall–Kier alpha value is -3.29. The molecule has 1 atom stereocenters. The first-order chi connectivity index (χ1) is 17.4. The van der Waals surface area contributed by atoms with E-state index in [0.29, 0.717) is 41.5 Å². The summed E-state index contributed by atoms with van der Waals surface area (Å²) in [6.07, 6.45) is 0.241. The maximum Gasteiger partial charge on any atom is 0.310 e. The van der Waals surface area contributed by atoms with Crippen LogP contribution in [0.15, 0.2) is 42.5 Å². The van der Waals surface area contributed by atoms with E-state index in [4.69, 9.17) is 25.8 Å². The highest BCUT2D eigenvalue weighted by molar-refractivity contribution is 6.34. The van der Waals surface area contributed by atoms with Crippen LogP contribution in [0.4, 0.5) is 5.69 Å². The topological polar surface area (TPSA) is 85.3 Å². The summed E-state index contributed by atoms with van der Waals surface area (Å²) in [5.74, 6) is 0.0847. The molecule has 0 aliphatic carbocycles. The molecule has 4 rings (SSSR count). The zero-order valence-corrected chi connectivity index (χ0v) is 21.4. The quantitative estimate of drug-likeness (QED) is 0.345. The molecule has 1 heterocycles. The van der Waals surface area contributed by atoms with E-state index in [1.807, 2.05) is 38.1 Å². The van der Waals surface area contributed by atoms with Gasteiger partial charge in [0, 0.05) is 10.8 Å². The fraction of sp³-hybridized carbons (Fsp3) is 0.357. The third-order valence-electron chi connectivity index (χ3n) is 5.92. The van der Waals surface area contributed by atoms with Crippen LogP contribution in [0.1, 0.15) is 61.3 Å². The van der Waals surface area contributed by atoms with Crippen molar-refractivity contribution in [1.29, 1.82) is 0 Å². The van der Waals surface area contributed by atoms with E-state index >= 15 is 0 Å². The number of aliphatic hydroxyl groups is 1. The number of hydrogen-bond acceptors (Lipinski definition) is 6. The van der Waals surface area contributed by atoms with Crippen molar-refractivity contribution in [3.8, 4) is 11.5 Å². The van der Waals surface area contributed by atoms with Crippen molar-refractivity contribution in [1.82, 2.24) is 0 Å². The number of halogens is 1. The van der Waals surface area contributed by atoms with Crippen LogP contribution in [0, 0.1) is 0 Å². The number of rotatable bonds is 10. The molecule has 3 aromatic rings. The number of esters is 1. The zero-order chi connectivity index (χ0) is 25.8. The highest BCUT2D eigenvalue weighted by Gasteiger charge is 2.44. The van der Waals surface area contributed by atoms with Crippen molar-refractivity contribution in [2.24, 2.45) is 0 Å². The van der Waals surface area contributed by atoms with E-state index < -0.39 is 12.1 Å². The van der Waals surface area contributed by atoms with Crippen LogP contribution in [-0.2, 0) is 16.0 Å². The molecule has 36 heavy (non-hydrogen) atoms. The molecule has 190 valence electrons. The summed E-state index contributed by atoms with van der Waals surface area (Å²) in [6, 6.07) is 12.5. The maximum atomic E-state index is 13.9. The number of anilines is 1. The van der Waals surface area contributed by atoms with Gasteiger partial charge >= 0.3 is 5.97 Å². The summed E-state index contributed by atoms with van der Waals surface area (Å²) >= 11 is 6.58. The predicted molar refractivity (Wildman–Crippen MR) is 139 cm³/mol. The number of benzene rings is 3. The predicted octanol–water partition coefficient (Wildman–Crippen LogP) is 5.83. The molecule has 0 saturated carbocycles. The molecule has 0 radical (unpaired) electrons. The summed E-state index contributed by atoms with van der Waals surface area (Å²) in [4.78, 5) is 27.0. The van der Waals surface area contributed by atoms with Gasteiger partial charge in [0.25, 0.3) is 5.91 Å². The molecule has 8 heteroatoms. The van der Waals surface area contributed by atoms with E-state index in [0.717, 1.165) is 23.6 Å². The van der Waals surface area contributed by atoms with Gasteiger partial charge in [-0.2, -0.15) is 0 Å². The Morgan fingerprint density at radius 2 is 1.64 bits per heavy atom. The van der Waals surface area contributed by atoms with Gasteiger partial charge in [0.2, 0.25) is 0 Å². The SMILES string of the molecule is CCCOc1c2c(c(OCCC)c3ccccc13)C(O)N(c1ccc(CC(=O)OCC)cc1Cl)C2=O. The van der Waals surface area contributed by atoms with Crippen molar-refractivity contribution >= 4 is 39.9 Å². The molecule has 0 spiro atoms. The number of hydrogen-bond donors (Lipinski definition) is 1. The maximum absolute atomic E-state index is 13.9. The van der Waals surface area contributed by atoms with E-state index in [1.165, 1.54) is 4.90 Å².